The lowest BCUT2D eigenvalue weighted by atomic mass is 10.00. The Morgan fingerprint density at radius 1 is 1.21 bits per heavy atom. The molecule has 0 aliphatic carbocycles. The Kier molecular flexibility index (Phi) is 4.06. The average molecular weight is 273 g/mol. The number of benzene rings is 2. The summed E-state index contributed by atoms with van der Waals surface area (Å²) in [6, 6.07) is 15.6. The van der Waals surface area contributed by atoms with E-state index in [1.165, 1.54) is 16.3 Å². The molecule has 0 radical (unpaired) electrons. The largest absolute Gasteiger partial charge is 0.379 e. The van der Waals surface area contributed by atoms with Crippen LogP contribution in [0.4, 0.5) is 0 Å². The predicted octanol–water partition coefficient (Wildman–Crippen LogP) is 3.23. The Labute approximate surface area is 118 Å². The second kappa shape index (κ2) is 5.95. The SMILES string of the molecule is CNC(CSC1COC1)c1cccc2ccccc12. The Bertz CT molecular complexity index is 548. The van der Waals surface area contributed by atoms with E-state index in [-0.39, 0.29) is 0 Å². The van der Waals surface area contributed by atoms with Crippen molar-refractivity contribution < 1.29 is 4.74 Å². The zero-order chi connectivity index (χ0) is 13.1. The zero-order valence-corrected chi connectivity index (χ0v) is 12.0. The van der Waals surface area contributed by atoms with Crippen LogP contribution in [0.1, 0.15) is 11.6 Å². The summed E-state index contributed by atoms with van der Waals surface area (Å²) in [6.07, 6.45) is 0. The normalized spacial score (nSPS) is 17.3. The highest BCUT2D eigenvalue weighted by Crippen LogP contribution is 2.29. The highest BCUT2D eigenvalue weighted by molar-refractivity contribution is 8.00. The molecular weight excluding hydrogens is 254 g/mol. The zero-order valence-electron chi connectivity index (χ0n) is 11.1. The molecule has 1 heterocycles. The summed E-state index contributed by atoms with van der Waals surface area (Å²) in [7, 11) is 2.05. The second-order valence-corrected chi connectivity index (χ2v) is 6.24. The van der Waals surface area contributed by atoms with Gasteiger partial charge in [0.25, 0.3) is 0 Å². The average Bonchev–Trinajstić information content (AvgIpc) is 2.41. The number of nitrogens with one attached hydrogen (secondary N) is 1. The minimum atomic E-state index is 0.400. The number of thioether (sulfide) groups is 1. The van der Waals surface area contributed by atoms with E-state index in [2.05, 4.69) is 47.8 Å². The van der Waals surface area contributed by atoms with E-state index in [1.54, 1.807) is 0 Å². The summed E-state index contributed by atoms with van der Waals surface area (Å²) in [6.45, 7) is 1.83. The minimum Gasteiger partial charge on any atom is -0.379 e. The molecule has 0 spiro atoms. The number of hydrogen-bond acceptors (Lipinski definition) is 3. The first-order valence-corrected chi connectivity index (χ1v) is 7.77. The van der Waals surface area contributed by atoms with Crippen LogP contribution in [0.5, 0.6) is 0 Å². The Hall–Kier alpha value is -1.03. The van der Waals surface area contributed by atoms with Gasteiger partial charge in [0, 0.05) is 11.8 Å². The Morgan fingerprint density at radius 3 is 2.74 bits per heavy atom. The predicted molar refractivity (Wildman–Crippen MR) is 82.8 cm³/mol. The van der Waals surface area contributed by atoms with Gasteiger partial charge in [-0.05, 0) is 23.4 Å². The lowest BCUT2D eigenvalue weighted by Gasteiger charge is -2.27. The topological polar surface area (TPSA) is 21.3 Å². The van der Waals surface area contributed by atoms with Gasteiger partial charge in [-0.1, -0.05) is 42.5 Å². The molecule has 19 heavy (non-hydrogen) atoms. The Balaban J connectivity index is 1.83. The van der Waals surface area contributed by atoms with Crippen LogP contribution in [0.25, 0.3) is 10.8 Å². The van der Waals surface area contributed by atoms with Gasteiger partial charge in [-0.25, -0.2) is 0 Å². The maximum atomic E-state index is 5.24. The number of rotatable bonds is 5. The van der Waals surface area contributed by atoms with Crippen molar-refractivity contribution >= 4 is 22.5 Å². The Morgan fingerprint density at radius 2 is 2.00 bits per heavy atom. The minimum absolute atomic E-state index is 0.400. The van der Waals surface area contributed by atoms with Crippen LogP contribution in [0.3, 0.4) is 0 Å². The van der Waals surface area contributed by atoms with Crippen molar-refractivity contribution in [1.82, 2.24) is 5.32 Å². The smallest absolute Gasteiger partial charge is 0.0607 e. The van der Waals surface area contributed by atoms with Gasteiger partial charge in [-0.3, -0.25) is 0 Å². The van der Waals surface area contributed by atoms with Gasteiger partial charge in [-0.2, -0.15) is 11.8 Å². The van der Waals surface area contributed by atoms with Crippen LogP contribution in [0.2, 0.25) is 0 Å². The third-order valence-corrected chi connectivity index (χ3v) is 4.92. The molecule has 1 unspecified atom stereocenters. The third kappa shape index (κ3) is 2.78. The van der Waals surface area contributed by atoms with Crippen molar-refractivity contribution in [3.8, 4) is 0 Å². The van der Waals surface area contributed by atoms with E-state index < -0.39 is 0 Å². The van der Waals surface area contributed by atoms with E-state index in [0.717, 1.165) is 19.0 Å². The molecule has 1 atom stereocenters. The van der Waals surface area contributed by atoms with Crippen LogP contribution in [0.15, 0.2) is 42.5 Å². The lowest BCUT2D eigenvalue weighted by molar-refractivity contribution is 0.0455. The van der Waals surface area contributed by atoms with Crippen molar-refractivity contribution in [3.63, 3.8) is 0 Å². The number of fused-ring (bicyclic) bond motifs is 1. The molecule has 0 aromatic heterocycles. The monoisotopic (exact) mass is 273 g/mol. The first kappa shape index (κ1) is 13.0. The van der Waals surface area contributed by atoms with Crippen LogP contribution in [-0.2, 0) is 4.74 Å². The van der Waals surface area contributed by atoms with Gasteiger partial charge in [-0.15, -0.1) is 0 Å². The van der Waals surface area contributed by atoms with Crippen molar-refractivity contribution in [2.24, 2.45) is 0 Å². The summed E-state index contributed by atoms with van der Waals surface area (Å²) >= 11 is 2.01. The van der Waals surface area contributed by atoms with Crippen LogP contribution >= 0.6 is 11.8 Å². The van der Waals surface area contributed by atoms with Gasteiger partial charge >= 0.3 is 0 Å². The van der Waals surface area contributed by atoms with E-state index in [0.29, 0.717) is 11.3 Å². The molecule has 1 saturated heterocycles. The summed E-state index contributed by atoms with van der Waals surface area (Å²) in [4.78, 5) is 0. The highest BCUT2D eigenvalue weighted by atomic mass is 32.2. The van der Waals surface area contributed by atoms with Gasteiger partial charge in [0.05, 0.1) is 18.5 Å². The molecule has 2 nitrogen and oxygen atoms in total. The van der Waals surface area contributed by atoms with Crippen molar-refractivity contribution in [1.29, 1.82) is 0 Å². The highest BCUT2D eigenvalue weighted by Gasteiger charge is 2.21. The first-order valence-electron chi connectivity index (χ1n) is 6.73. The lowest BCUT2D eigenvalue weighted by Crippen LogP contribution is -2.32. The molecule has 1 N–H and O–H groups in total. The summed E-state index contributed by atoms with van der Waals surface area (Å²) in [5.74, 6) is 1.10. The maximum absolute atomic E-state index is 5.24. The van der Waals surface area contributed by atoms with Gasteiger partial charge in [0.15, 0.2) is 0 Å². The van der Waals surface area contributed by atoms with E-state index in [9.17, 15) is 0 Å². The third-order valence-electron chi connectivity index (χ3n) is 3.65. The van der Waals surface area contributed by atoms with E-state index in [1.807, 2.05) is 18.8 Å². The van der Waals surface area contributed by atoms with E-state index >= 15 is 0 Å². The molecule has 0 saturated carbocycles. The van der Waals surface area contributed by atoms with Gasteiger partial charge in [0.2, 0.25) is 0 Å². The fourth-order valence-corrected chi connectivity index (χ4v) is 3.62. The molecule has 1 aliphatic rings. The van der Waals surface area contributed by atoms with Crippen molar-refractivity contribution in [2.75, 3.05) is 26.0 Å². The van der Waals surface area contributed by atoms with Gasteiger partial charge < -0.3 is 10.1 Å². The van der Waals surface area contributed by atoms with Crippen molar-refractivity contribution in [2.45, 2.75) is 11.3 Å². The molecule has 2 aromatic rings. The second-order valence-electron chi connectivity index (χ2n) is 4.90. The molecule has 2 aromatic carbocycles. The first-order chi connectivity index (χ1) is 9.38. The maximum Gasteiger partial charge on any atom is 0.0607 e. The van der Waals surface area contributed by atoms with Crippen LogP contribution in [-0.4, -0.2) is 31.3 Å². The summed E-state index contributed by atoms with van der Waals surface area (Å²) in [5.41, 5.74) is 1.40. The van der Waals surface area contributed by atoms with Gasteiger partial charge in [0.1, 0.15) is 0 Å². The standard InChI is InChI=1S/C16H19NOS/c1-17-16(11-19-13-9-18-10-13)15-8-4-6-12-5-2-3-7-14(12)15/h2-8,13,16-17H,9-11H2,1H3. The molecule has 0 bridgehead atoms. The molecule has 0 amide bonds. The fraction of sp³-hybridized carbons (Fsp3) is 0.375. The van der Waals surface area contributed by atoms with Crippen LogP contribution in [0, 0.1) is 0 Å². The quantitative estimate of drug-likeness (QED) is 0.903. The van der Waals surface area contributed by atoms with Crippen molar-refractivity contribution in [3.05, 3.63) is 48.0 Å². The number of hydrogen-bond donors (Lipinski definition) is 1. The van der Waals surface area contributed by atoms with Crippen LogP contribution < -0.4 is 5.32 Å². The molecule has 1 aliphatic heterocycles. The fourth-order valence-electron chi connectivity index (χ4n) is 2.43. The number of ether oxygens (including phenoxy) is 1. The summed E-state index contributed by atoms with van der Waals surface area (Å²) in [5, 5.41) is 6.81. The molecule has 3 heteroatoms. The van der Waals surface area contributed by atoms with E-state index in [4.69, 9.17) is 4.74 Å². The molecule has 1 fully saturated rings. The molecule has 3 rings (SSSR count). The molecule has 100 valence electrons. The summed E-state index contributed by atoms with van der Waals surface area (Å²) < 4.78 is 5.24. The molecular formula is C16H19NOS.